The van der Waals surface area contributed by atoms with Crippen LogP contribution in [0.3, 0.4) is 0 Å². The van der Waals surface area contributed by atoms with Gasteiger partial charge in [0.05, 0.1) is 17.3 Å². The van der Waals surface area contributed by atoms with Gasteiger partial charge < -0.3 is 10.1 Å². The monoisotopic (exact) mass is 336 g/mol. The van der Waals surface area contributed by atoms with Crippen molar-refractivity contribution in [2.24, 2.45) is 0 Å². The lowest BCUT2D eigenvalue weighted by Gasteiger charge is -2.17. The number of nitrogens with zero attached hydrogens (tertiary/aromatic N) is 1. The van der Waals surface area contributed by atoms with Gasteiger partial charge in [-0.2, -0.15) is 0 Å². The lowest BCUT2D eigenvalue weighted by molar-refractivity contribution is -0.117. The zero-order valence-electron chi connectivity index (χ0n) is 12.8. The molecule has 0 aliphatic carbocycles. The molecule has 0 aliphatic heterocycles. The first-order valence-corrected chi connectivity index (χ1v) is 7.53. The Morgan fingerprint density at radius 1 is 1.22 bits per heavy atom. The van der Waals surface area contributed by atoms with Crippen molar-refractivity contribution in [2.75, 3.05) is 32.1 Å². The predicted octanol–water partition coefficient (Wildman–Crippen LogP) is 3.43. The smallest absolute Gasteiger partial charge is 0.238 e. The summed E-state index contributed by atoms with van der Waals surface area (Å²) in [4.78, 5) is 13.8. The molecule has 4 nitrogen and oxygen atoms in total. The fourth-order valence-electron chi connectivity index (χ4n) is 1.93. The van der Waals surface area contributed by atoms with Crippen molar-refractivity contribution < 1.29 is 13.9 Å². The number of ether oxygens (including phenoxy) is 1. The first kappa shape index (κ1) is 17.2. The molecule has 0 saturated heterocycles. The third-order valence-corrected chi connectivity index (χ3v) is 3.45. The zero-order valence-corrected chi connectivity index (χ0v) is 13.5. The molecule has 0 bridgehead atoms. The van der Waals surface area contributed by atoms with E-state index in [2.05, 4.69) is 5.32 Å². The second-order valence-corrected chi connectivity index (χ2v) is 5.48. The number of nitrogens with one attached hydrogen (secondary N) is 1. The minimum absolute atomic E-state index is 0.151. The normalized spacial score (nSPS) is 10.6. The highest BCUT2D eigenvalue weighted by Crippen LogP contribution is 2.20. The maximum atomic E-state index is 12.8. The Labute approximate surface area is 139 Å². The summed E-state index contributed by atoms with van der Waals surface area (Å²) in [5.74, 6) is 0.147. The molecule has 2 rings (SSSR count). The Hall–Kier alpha value is -2.11. The Kier molecular flexibility index (Phi) is 6.38. The van der Waals surface area contributed by atoms with E-state index in [1.165, 1.54) is 12.1 Å². The van der Waals surface area contributed by atoms with Gasteiger partial charge >= 0.3 is 0 Å². The van der Waals surface area contributed by atoms with Gasteiger partial charge in [-0.25, -0.2) is 4.39 Å². The maximum Gasteiger partial charge on any atom is 0.238 e. The van der Waals surface area contributed by atoms with Gasteiger partial charge in [-0.3, -0.25) is 9.69 Å². The van der Waals surface area contributed by atoms with E-state index in [0.717, 1.165) is 0 Å². The predicted molar refractivity (Wildman–Crippen MR) is 89.5 cm³/mol. The van der Waals surface area contributed by atoms with E-state index in [0.29, 0.717) is 29.6 Å². The van der Waals surface area contributed by atoms with Crippen LogP contribution in [-0.2, 0) is 4.79 Å². The van der Waals surface area contributed by atoms with Gasteiger partial charge in [0.15, 0.2) is 0 Å². The fourth-order valence-corrected chi connectivity index (χ4v) is 2.11. The lowest BCUT2D eigenvalue weighted by Crippen LogP contribution is -2.33. The molecule has 122 valence electrons. The highest BCUT2D eigenvalue weighted by Gasteiger charge is 2.08. The minimum atomic E-state index is -0.300. The largest absolute Gasteiger partial charge is 0.492 e. The lowest BCUT2D eigenvalue weighted by atomic mass is 10.3. The van der Waals surface area contributed by atoms with Crippen LogP contribution >= 0.6 is 11.6 Å². The van der Waals surface area contributed by atoms with Crippen LogP contribution < -0.4 is 10.1 Å². The highest BCUT2D eigenvalue weighted by molar-refractivity contribution is 6.33. The van der Waals surface area contributed by atoms with Crippen molar-refractivity contribution >= 4 is 23.2 Å². The van der Waals surface area contributed by atoms with Crippen LogP contribution in [0.2, 0.25) is 5.02 Å². The molecular weight excluding hydrogens is 319 g/mol. The molecule has 0 fully saturated rings. The summed E-state index contributed by atoms with van der Waals surface area (Å²) in [6.45, 7) is 1.19. The Balaban J connectivity index is 1.71. The first-order valence-electron chi connectivity index (χ1n) is 7.16. The van der Waals surface area contributed by atoms with Gasteiger partial charge in [-0.05, 0) is 43.4 Å². The van der Waals surface area contributed by atoms with Crippen LogP contribution in [0.15, 0.2) is 48.5 Å². The zero-order chi connectivity index (χ0) is 16.7. The number of benzene rings is 2. The van der Waals surface area contributed by atoms with E-state index in [-0.39, 0.29) is 18.3 Å². The van der Waals surface area contributed by atoms with E-state index >= 15 is 0 Å². The van der Waals surface area contributed by atoms with Crippen molar-refractivity contribution in [2.45, 2.75) is 0 Å². The molecule has 0 aromatic heterocycles. The molecule has 0 spiro atoms. The standard InChI is InChI=1S/C17H18ClFN2O2/c1-21(10-11-23-14-8-6-13(19)7-9-14)12-17(22)20-16-5-3-2-4-15(16)18/h2-9H,10-12H2,1H3,(H,20,22). The number of para-hydroxylation sites is 1. The second-order valence-electron chi connectivity index (χ2n) is 5.07. The van der Waals surface area contributed by atoms with Gasteiger partial charge in [0.1, 0.15) is 18.2 Å². The van der Waals surface area contributed by atoms with Crippen molar-refractivity contribution in [1.29, 1.82) is 0 Å². The molecule has 6 heteroatoms. The van der Waals surface area contributed by atoms with Crippen LogP contribution in [0.1, 0.15) is 0 Å². The SMILES string of the molecule is CN(CCOc1ccc(F)cc1)CC(=O)Nc1ccccc1Cl. The van der Waals surface area contributed by atoms with Gasteiger partial charge in [-0.1, -0.05) is 23.7 Å². The van der Waals surface area contributed by atoms with E-state index in [1.54, 1.807) is 30.3 Å². The number of carbonyl (C=O) groups is 1. The maximum absolute atomic E-state index is 12.8. The molecule has 23 heavy (non-hydrogen) atoms. The molecule has 1 N–H and O–H groups in total. The van der Waals surface area contributed by atoms with E-state index in [4.69, 9.17) is 16.3 Å². The topological polar surface area (TPSA) is 41.6 Å². The van der Waals surface area contributed by atoms with Crippen LogP contribution in [0.4, 0.5) is 10.1 Å². The summed E-state index contributed by atoms with van der Waals surface area (Å²) < 4.78 is 18.3. The Morgan fingerprint density at radius 3 is 2.61 bits per heavy atom. The van der Waals surface area contributed by atoms with Crippen LogP contribution in [0, 0.1) is 5.82 Å². The molecule has 0 aliphatic rings. The summed E-state index contributed by atoms with van der Waals surface area (Å²) in [6.07, 6.45) is 0. The van der Waals surface area contributed by atoms with Gasteiger partial charge in [-0.15, -0.1) is 0 Å². The van der Waals surface area contributed by atoms with Crippen molar-refractivity contribution in [3.63, 3.8) is 0 Å². The molecule has 0 saturated carbocycles. The average molecular weight is 337 g/mol. The van der Waals surface area contributed by atoms with E-state index in [1.807, 2.05) is 18.0 Å². The summed E-state index contributed by atoms with van der Waals surface area (Å²) in [6, 6.07) is 12.9. The number of amides is 1. The summed E-state index contributed by atoms with van der Waals surface area (Å²) in [7, 11) is 1.82. The molecule has 0 unspecified atom stereocenters. The van der Waals surface area contributed by atoms with Crippen molar-refractivity contribution in [1.82, 2.24) is 4.90 Å². The second kappa shape index (κ2) is 8.50. The molecular formula is C17H18ClFN2O2. The first-order chi connectivity index (χ1) is 11.0. The molecule has 1 amide bonds. The molecule has 2 aromatic carbocycles. The molecule has 2 aromatic rings. The quantitative estimate of drug-likeness (QED) is 0.842. The van der Waals surface area contributed by atoms with Gasteiger partial charge in [0.25, 0.3) is 0 Å². The summed E-state index contributed by atoms with van der Waals surface area (Å²) >= 11 is 5.99. The fraction of sp³-hybridized carbons (Fsp3) is 0.235. The summed E-state index contributed by atoms with van der Waals surface area (Å²) in [5, 5.41) is 3.26. The molecule has 0 atom stereocenters. The minimum Gasteiger partial charge on any atom is -0.492 e. The Bertz CT molecular complexity index is 649. The molecule has 0 heterocycles. The number of halogens is 2. The van der Waals surface area contributed by atoms with E-state index < -0.39 is 0 Å². The van der Waals surface area contributed by atoms with Crippen molar-refractivity contribution in [3.05, 3.63) is 59.4 Å². The third kappa shape index (κ3) is 5.88. The average Bonchev–Trinajstić information content (AvgIpc) is 2.51. The van der Waals surface area contributed by atoms with Gasteiger partial charge in [0.2, 0.25) is 5.91 Å². The molecule has 0 radical (unpaired) electrons. The number of carbonyl (C=O) groups excluding carboxylic acids is 1. The number of anilines is 1. The van der Waals surface area contributed by atoms with E-state index in [9.17, 15) is 9.18 Å². The Morgan fingerprint density at radius 2 is 1.91 bits per heavy atom. The number of hydrogen-bond acceptors (Lipinski definition) is 3. The highest BCUT2D eigenvalue weighted by atomic mass is 35.5. The summed E-state index contributed by atoms with van der Waals surface area (Å²) in [5.41, 5.74) is 0.593. The van der Waals surface area contributed by atoms with Crippen molar-refractivity contribution in [3.8, 4) is 5.75 Å². The van der Waals surface area contributed by atoms with Crippen LogP contribution in [-0.4, -0.2) is 37.6 Å². The number of likely N-dealkylation sites (N-methyl/N-ethyl adjacent to an activating group) is 1. The van der Waals surface area contributed by atoms with Gasteiger partial charge in [0, 0.05) is 6.54 Å². The third-order valence-electron chi connectivity index (χ3n) is 3.12. The van der Waals surface area contributed by atoms with Crippen LogP contribution in [0.5, 0.6) is 5.75 Å². The van der Waals surface area contributed by atoms with Crippen LogP contribution in [0.25, 0.3) is 0 Å². The number of rotatable bonds is 7. The number of hydrogen-bond donors (Lipinski definition) is 1.